The van der Waals surface area contributed by atoms with Crippen molar-refractivity contribution in [2.75, 3.05) is 12.4 Å². The van der Waals surface area contributed by atoms with E-state index in [2.05, 4.69) is 18.8 Å². The minimum Gasteiger partial charge on any atom is -0.453 e. The number of amides is 1. The Morgan fingerprint density at radius 3 is 2.87 bits per heavy atom. The molecule has 0 aliphatic rings. The first-order valence-electron chi connectivity index (χ1n) is 4.29. The summed E-state index contributed by atoms with van der Waals surface area (Å²) in [5.41, 5.74) is 3.17. The van der Waals surface area contributed by atoms with E-state index in [0.717, 1.165) is 22.8 Å². The molecule has 0 aliphatic carbocycles. The zero-order chi connectivity index (χ0) is 10.8. The van der Waals surface area contributed by atoms with Gasteiger partial charge in [0.15, 0.2) is 0 Å². The van der Waals surface area contributed by atoms with Gasteiger partial charge in [-0.05, 0) is 18.6 Å². The van der Waals surface area contributed by atoms with Crippen LogP contribution in [-0.4, -0.2) is 22.0 Å². The van der Waals surface area contributed by atoms with Gasteiger partial charge in [0.1, 0.15) is 11.0 Å². The van der Waals surface area contributed by atoms with Crippen molar-refractivity contribution in [3.63, 3.8) is 0 Å². The fourth-order valence-corrected chi connectivity index (χ4v) is 1.87. The first-order chi connectivity index (χ1) is 7.22. The van der Waals surface area contributed by atoms with Crippen molar-refractivity contribution in [3.05, 3.63) is 17.7 Å². The van der Waals surface area contributed by atoms with Crippen LogP contribution >= 0.6 is 11.7 Å². The number of nitrogens with zero attached hydrogens (tertiary/aromatic N) is 2. The molecule has 1 aromatic heterocycles. The van der Waals surface area contributed by atoms with Crippen LogP contribution in [0.4, 0.5) is 10.5 Å². The van der Waals surface area contributed by atoms with Gasteiger partial charge in [-0.3, -0.25) is 5.32 Å². The van der Waals surface area contributed by atoms with Crippen molar-refractivity contribution in [2.45, 2.75) is 6.92 Å². The third-order valence-electron chi connectivity index (χ3n) is 2.04. The van der Waals surface area contributed by atoms with Crippen molar-refractivity contribution in [3.8, 4) is 0 Å². The van der Waals surface area contributed by atoms with Crippen LogP contribution in [0.25, 0.3) is 11.0 Å². The number of hydrogen-bond acceptors (Lipinski definition) is 5. The van der Waals surface area contributed by atoms with Crippen LogP contribution in [0.5, 0.6) is 0 Å². The van der Waals surface area contributed by atoms with E-state index >= 15 is 0 Å². The first-order valence-corrected chi connectivity index (χ1v) is 5.02. The van der Waals surface area contributed by atoms with Gasteiger partial charge in [-0.15, -0.1) is 0 Å². The summed E-state index contributed by atoms with van der Waals surface area (Å²) in [6.45, 7) is 1.95. The summed E-state index contributed by atoms with van der Waals surface area (Å²) in [6, 6.07) is 3.67. The Balaban J connectivity index is 2.48. The largest absolute Gasteiger partial charge is 0.453 e. The lowest BCUT2D eigenvalue weighted by molar-refractivity contribution is 0.187. The number of benzene rings is 1. The molecule has 2 rings (SSSR count). The standard InChI is InChI=1S/C9H9N3O2S/c1-5-3-4-6(10-9(13)14-2)8-7(5)11-15-12-8/h3-4H,1-2H3,(H,10,13). The van der Waals surface area contributed by atoms with E-state index in [1.165, 1.54) is 7.11 Å². The Kier molecular flexibility index (Phi) is 2.51. The fraction of sp³-hybridized carbons (Fsp3) is 0.222. The van der Waals surface area contributed by atoms with Crippen molar-refractivity contribution in [2.24, 2.45) is 0 Å². The number of rotatable bonds is 1. The number of carbonyl (C=O) groups is 1. The first kappa shape index (κ1) is 9.85. The molecule has 0 atom stereocenters. The van der Waals surface area contributed by atoms with E-state index in [0.29, 0.717) is 11.2 Å². The molecule has 78 valence electrons. The van der Waals surface area contributed by atoms with Gasteiger partial charge in [-0.25, -0.2) is 4.79 Å². The van der Waals surface area contributed by atoms with Gasteiger partial charge in [0.05, 0.1) is 24.5 Å². The molecule has 0 saturated carbocycles. The minimum atomic E-state index is -0.506. The highest BCUT2D eigenvalue weighted by molar-refractivity contribution is 7.00. The molecule has 1 amide bonds. The summed E-state index contributed by atoms with van der Waals surface area (Å²) in [4.78, 5) is 11.1. The molecule has 1 aromatic carbocycles. The molecular formula is C9H9N3O2S. The summed E-state index contributed by atoms with van der Waals surface area (Å²) in [6.07, 6.45) is -0.506. The number of ether oxygens (including phenoxy) is 1. The number of anilines is 1. The van der Waals surface area contributed by atoms with Gasteiger partial charge in [-0.1, -0.05) is 6.07 Å². The molecule has 5 nitrogen and oxygen atoms in total. The summed E-state index contributed by atoms with van der Waals surface area (Å²) < 4.78 is 12.8. The Labute approximate surface area is 90.4 Å². The maximum absolute atomic E-state index is 11.1. The molecule has 0 radical (unpaired) electrons. The highest BCUT2D eigenvalue weighted by Crippen LogP contribution is 2.24. The van der Waals surface area contributed by atoms with Crippen LogP contribution in [-0.2, 0) is 4.74 Å². The van der Waals surface area contributed by atoms with Crippen LogP contribution in [0.2, 0.25) is 0 Å². The zero-order valence-corrected chi connectivity index (χ0v) is 9.09. The average molecular weight is 223 g/mol. The zero-order valence-electron chi connectivity index (χ0n) is 8.27. The quantitative estimate of drug-likeness (QED) is 0.804. The Hall–Kier alpha value is -1.69. The third kappa shape index (κ3) is 1.75. The molecule has 0 spiro atoms. The maximum atomic E-state index is 11.1. The number of carbonyl (C=O) groups excluding carboxylic acids is 1. The van der Waals surface area contributed by atoms with E-state index in [4.69, 9.17) is 0 Å². The normalized spacial score (nSPS) is 10.3. The number of methoxy groups -OCH3 is 1. The number of hydrogen-bond donors (Lipinski definition) is 1. The molecule has 0 saturated heterocycles. The van der Waals surface area contributed by atoms with Crippen LogP contribution in [0, 0.1) is 6.92 Å². The second-order valence-corrected chi connectivity index (χ2v) is 3.54. The van der Waals surface area contributed by atoms with Gasteiger partial charge in [-0.2, -0.15) is 8.75 Å². The minimum absolute atomic E-state index is 0.506. The second kappa shape index (κ2) is 3.82. The number of fused-ring (bicyclic) bond motifs is 1. The van der Waals surface area contributed by atoms with Crippen LogP contribution in [0.1, 0.15) is 5.56 Å². The Morgan fingerprint density at radius 2 is 2.13 bits per heavy atom. The SMILES string of the molecule is COC(=O)Nc1ccc(C)c2nsnc12. The van der Waals surface area contributed by atoms with Crippen LogP contribution in [0.15, 0.2) is 12.1 Å². The van der Waals surface area contributed by atoms with E-state index in [1.807, 2.05) is 13.0 Å². The van der Waals surface area contributed by atoms with E-state index in [9.17, 15) is 4.79 Å². The van der Waals surface area contributed by atoms with E-state index in [1.54, 1.807) is 6.07 Å². The summed E-state index contributed by atoms with van der Waals surface area (Å²) in [7, 11) is 1.32. The average Bonchev–Trinajstić information content (AvgIpc) is 2.71. The maximum Gasteiger partial charge on any atom is 0.411 e. The predicted molar refractivity (Wildman–Crippen MR) is 58.2 cm³/mol. The molecule has 0 unspecified atom stereocenters. The van der Waals surface area contributed by atoms with Gasteiger partial charge in [0.25, 0.3) is 0 Å². The Bertz CT molecular complexity index is 509. The third-order valence-corrected chi connectivity index (χ3v) is 2.57. The van der Waals surface area contributed by atoms with Crippen LogP contribution in [0.3, 0.4) is 0 Å². The lowest BCUT2D eigenvalue weighted by Crippen LogP contribution is -2.11. The molecule has 1 N–H and O–H groups in total. The number of nitrogens with one attached hydrogen (secondary N) is 1. The molecule has 1 heterocycles. The van der Waals surface area contributed by atoms with E-state index in [-0.39, 0.29) is 0 Å². The van der Waals surface area contributed by atoms with Crippen LogP contribution < -0.4 is 5.32 Å². The fourth-order valence-electron chi connectivity index (χ4n) is 1.25. The molecule has 0 fully saturated rings. The van der Waals surface area contributed by atoms with Gasteiger partial charge < -0.3 is 4.74 Å². The topological polar surface area (TPSA) is 64.1 Å². The van der Waals surface area contributed by atoms with Gasteiger partial charge >= 0.3 is 6.09 Å². The molecule has 2 aromatic rings. The molecule has 0 bridgehead atoms. The number of aryl methyl sites for hydroxylation is 1. The van der Waals surface area contributed by atoms with Crippen molar-refractivity contribution >= 4 is 34.5 Å². The smallest absolute Gasteiger partial charge is 0.411 e. The summed E-state index contributed by atoms with van der Waals surface area (Å²) >= 11 is 1.12. The highest BCUT2D eigenvalue weighted by Gasteiger charge is 2.10. The second-order valence-electron chi connectivity index (χ2n) is 3.01. The summed E-state index contributed by atoms with van der Waals surface area (Å²) in [5, 5.41) is 2.59. The predicted octanol–water partition coefficient (Wildman–Crippen LogP) is 2.18. The molecule has 0 aliphatic heterocycles. The highest BCUT2D eigenvalue weighted by atomic mass is 32.1. The van der Waals surface area contributed by atoms with E-state index < -0.39 is 6.09 Å². The van der Waals surface area contributed by atoms with Crippen molar-refractivity contribution in [1.82, 2.24) is 8.75 Å². The lowest BCUT2D eigenvalue weighted by Gasteiger charge is -2.04. The molecule has 6 heteroatoms. The monoisotopic (exact) mass is 223 g/mol. The van der Waals surface area contributed by atoms with Gasteiger partial charge in [0, 0.05) is 0 Å². The Morgan fingerprint density at radius 1 is 1.40 bits per heavy atom. The molecule has 15 heavy (non-hydrogen) atoms. The summed E-state index contributed by atoms with van der Waals surface area (Å²) in [5.74, 6) is 0. The van der Waals surface area contributed by atoms with Crippen molar-refractivity contribution < 1.29 is 9.53 Å². The lowest BCUT2D eigenvalue weighted by atomic mass is 10.2. The van der Waals surface area contributed by atoms with Gasteiger partial charge in [0.2, 0.25) is 0 Å². The number of aromatic nitrogens is 2. The van der Waals surface area contributed by atoms with Crippen molar-refractivity contribution in [1.29, 1.82) is 0 Å². The molecular weight excluding hydrogens is 214 g/mol.